The molecule has 1 aliphatic heterocycles. The van der Waals surface area contributed by atoms with E-state index in [9.17, 15) is 14.4 Å². The molecule has 8 heteroatoms. The molecule has 1 fully saturated rings. The second-order valence-electron chi connectivity index (χ2n) is 7.48. The number of carbonyl (C=O) groups excluding carboxylic acids is 2. The quantitative estimate of drug-likeness (QED) is 0.601. The van der Waals surface area contributed by atoms with Crippen molar-refractivity contribution in [1.82, 2.24) is 15.1 Å². The van der Waals surface area contributed by atoms with Crippen LogP contribution < -0.4 is 20.5 Å². The number of methoxy groups -OCH3 is 1. The summed E-state index contributed by atoms with van der Waals surface area (Å²) in [5, 5.41) is 8.35. The average molecular weight is 430 g/mol. The van der Waals surface area contributed by atoms with Gasteiger partial charge in [-0.05, 0) is 18.2 Å². The Balaban J connectivity index is 1.50. The summed E-state index contributed by atoms with van der Waals surface area (Å²) >= 11 is 0. The smallest absolute Gasteiger partial charge is 0.275 e. The number of amides is 2. The summed E-state index contributed by atoms with van der Waals surface area (Å²) in [5.41, 5.74) is 0.959. The number of ether oxygens (including phenoxy) is 1. The molecule has 0 spiro atoms. The highest BCUT2D eigenvalue weighted by Gasteiger charge is 2.35. The Morgan fingerprint density at radius 1 is 1.22 bits per heavy atom. The fraction of sp³-hybridized carbons (Fsp3) is 0.250. The Kier molecular flexibility index (Phi) is 5.90. The number of terminal acetylenes is 1. The van der Waals surface area contributed by atoms with Crippen molar-refractivity contribution in [3.05, 3.63) is 64.6 Å². The standard InChI is InChI=1S/C24H22N4O4/c1-3-11-28-24(31)20-10-5-4-9-19(20)21(26-28)14-25-23(30)16-12-22(29)27(15-16)17-7-6-8-18(13-17)32-2/h1,4-10,13,16H,11-12,14-15H2,2H3,(H,25,30). The van der Waals surface area contributed by atoms with E-state index in [-0.39, 0.29) is 43.4 Å². The highest BCUT2D eigenvalue weighted by Crippen LogP contribution is 2.28. The lowest BCUT2D eigenvalue weighted by Crippen LogP contribution is -2.34. The van der Waals surface area contributed by atoms with Gasteiger partial charge in [-0.2, -0.15) is 5.10 Å². The summed E-state index contributed by atoms with van der Waals surface area (Å²) < 4.78 is 6.44. The van der Waals surface area contributed by atoms with Gasteiger partial charge in [-0.1, -0.05) is 30.2 Å². The van der Waals surface area contributed by atoms with Crippen molar-refractivity contribution in [3.63, 3.8) is 0 Å². The van der Waals surface area contributed by atoms with Gasteiger partial charge in [-0.25, -0.2) is 4.68 Å². The van der Waals surface area contributed by atoms with Crippen molar-refractivity contribution in [2.45, 2.75) is 19.5 Å². The first kappa shape index (κ1) is 21.1. The van der Waals surface area contributed by atoms with Crippen LogP contribution in [0.1, 0.15) is 12.1 Å². The van der Waals surface area contributed by atoms with Gasteiger partial charge in [0, 0.05) is 30.1 Å². The number of nitrogens with zero attached hydrogens (tertiary/aromatic N) is 3. The molecule has 32 heavy (non-hydrogen) atoms. The maximum absolute atomic E-state index is 12.8. The number of rotatable bonds is 6. The van der Waals surface area contributed by atoms with Crippen LogP contribution in [0.5, 0.6) is 5.75 Å². The van der Waals surface area contributed by atoms with Gasteiger partial charge in [0.1, 0.15) is 12.3 Å². The third-order valence-corrected chi connectivity index (χ3v) is 5.48. The third kappa shape index (κ3) is 4.05. The highest BCUT2D eigenvalue weighted by atomic mass is 16.5. The lowest BCUT2D eigenvalue weighted by atomic mass is 10.1. The molecule has 1 saturated heterocycles. The van der Waals surface area contributed by atoms with E-state index in [4.69, 9.17) is 11.2 Å². The number of aromatic nitrogens is 2. The van der Waals surface area contributed by atoms with E-state index in [1.807, 2.05) is 12.1 Å². The van der Waals surface area contributed by atoms with E-state index >= 15 is 0 Å². The molecular weight excluding hydrogens is 408 g/mol. The topological polar surface area (TPSA) is 93.5 Å². The van der Waals surface area contributed by atoms with Crippen molar-refractivity contribution in [2.24, 2.45) is 5.92 Å². The van der Waals surface area contributed by atoms with E-state index in [0.717, 1.165) is 0 Å². The van der Waals surface area contributed by atoms with Crippen molar-refractivity contribution in [1.29, 1.82) is 0 Å². The minimum Gasteiger partial charge on any atom is -0.497 e. The van der Waals surface area contributed by atoms with Crippen molar-refractivity contribution in [2.75, 3.05) is 18.6 Å². The number of hydrogen-bond donors (Lipinski definition) is 1. The van der Waals surface area contributed by atoms with Gasteiger partial charge in [0.2, 0.25) is 11.8 Å². The van der Waals surface area contributed by atoms with Gasteiger partial charge in [0.05, 0.1) is 30.7 Å². The first-order valence-corrected chi connectivity index (χ1v) is 10.2. The molecule has 0 saturated carbocycles. The Morgan fingerprint density at radius 2 is 2.00 bits per heavy atom. The Morgan fingerprint density at radius 3 is 2.75 bits per heavy atom. The van der Waals surface area contributed by atoms with Crippen molar-refractivity contribution >= 4 is 28.3 Å². The second kappa shape index (κ2) is 8.94. The lowest BCUT2D eigenvalue weighted by molar-refractivity contribution is -0.126. The summed E-state index contributed by atoms with van der Waals surface area (Å²) in [6.45, 7) is 0.438. The van der Waals surface area contributed by atoms with E-state index in [0.29, 0.717) is 27.9 Å². The Hall–Kier alpha value is -4.12. The molecule has 2 heterocycles. The molecule has 1 N–H and O–H groups in total. The SMILES string of the molecule is C#CCn1nc(CNC(=O)C2CC(=O)N(c3cccc(OC)c3)C2)c2ccccc2c1=O. The number of carbonyl (C=O) groups is 2. The molecular formula is C24H22N4O4. The van der Waals surface area contributed by atoms with Crippen LogP contribution in [0.4, 0.5) is 5.69 Å². The minimum absolute atomic E-state index is 0.0389. The number of anilines is 1. The van der Waals surface area contributed by atoms with E-state index in [1.165, 1.54) is 4.68 Å². The van der Waals surface area contributed by atoms with Crippen LogP contribution in [0.3, 0.4) is 0 Å². The zero-order valence-electron chi connectivity index (χ0n) is 17.6. The Bertz CT molecular complexity index is 1290. The van der Waals surface area contributed by atoms with Gasteiger partial charge >= 0.3 is 0 Å². The molecule has 162 valence electrons. The van der Waals surface area contributed by atoms with E-state index in [2.05, 4.69) is 16.3 Å². The first-order valence-electron chi connectivity index (χ1n) is 10.2. The van der Waals surface area contributed by atoms with Crippen LogP contribution in [0.25, 0.3) is 10.8 Å². The van der Waals surface area contributed by atoms with E-state index in [1.54, 1.807) is 48.4 Å². The van der Waals surface area contributed by atoms with Gasteiger partial charge in [0.15, 0.2) is 0 Å². The van der Waals surface area contributed by atoms with Crippen LogP contribution in [0.2, 0.25) is 0 Å². The maximum Gasteiger partial charge on any atom is 0.275 e. The highest BCUT2D eigenvalue weighted by molar-refractivity contribution is 6.00. The predicted octanol–water partition coefficient (Wildman–Crippen LogP) is 1.71. The number of hydrogen-bond acceptors (Lipinski definition) is 5. The lowest BCUT2D eigenvalue weighted by Gasteiger charge is -2.17. The molecule has 4 rings (SSSR count). The minimum atomic E-state index is -0.489. The largest absolute Gasteiger partial charge is 0.497 e. The fourth-order valence-electron chi connectivity index (χ4n) is 3.86. The van der Waals surface area contributed by atoms with Crippen LogP contribution in [-0.4, -0.2) is 35.2 Å². The van der Waals surface area contributed by atoms with Crippen molar-refractivity contribution < 1.29 is 14.3 Å². The predicted molar refractivity (Wildman–Crippen MR) is 120 cm³/mol. The summed E-state index contributed by atoms with van der Waals surface area (Å²) in [6, 6.07) is 14.2. The molecule has 1 atom stereocenters. The number of nitrogens with one attached hydrogen (secondary N) is 1. The molecule has 8 nitrogen and oxygen atoms in total. The van der Waals surface area contributed by atoms with Crippen LogP contribution >= 0.6 is 0 Å². The van der Waals surface area contributed by atoms with Crippen LogP contribution in [0.15, 0.2) is 53.3 Å². The van der Waals surface area contributed by atoms with Gasteiger partial charge < -0.3 is 15.0 Å². The Labute approximate surface area is 184 Å². The van der Waals surface area contributed by atoms with Gasteiger partial charge in [0.25, 0.3) is 5.56 Å². The normalized spacial score (nSPS) is 15.6. The monoisotopic (exact) mass is 430 g/mol. The summed E-state index contributed by atoms with van der Waals surface area (Å²) in [6.07, 6.45) is 5.48. The number of fused-ring (bicyclic) bond motifs is 1. The van der Waals surface area contributed by atoms with Gasteiger partial charge in [-0.3, -0.25) is 14.4 Å². The van der Waals surface area contributed by atoms with Crippen LogP contribution in [0, 0.1) is 18.3 Å². The molecule has 1 aliphatic rings. The molecule has 0 aliphatic carbocycles. The molecule has 3 aromatic rings. The average Bonchev–Trinajstić information content (AvgIpc) is 3.21. The van der Waals surface area contributed by atoms with E-state index < -0.39 is 5.92 Å². The molecule has 2 aromatic carbocycles. The fourth-order valence-corrected chi connectivity index (χ4v) is 3.86. The molecule has 1 aromatic heterocycles. The van der Waals surface area contributed by atoms with Gasteiger partial charge in [-0.15, -0.1) is 6.42 Å². The zero-order valence-corrected chi connectivity index (χ0v) is 17.6. The summed E-state index contributed by atoms with van der Waals surface area (Å²) in [5.74, 6) is 2.21. The summed E-state index contributed by atoms with van der Waals surface area (Å²) in [4.78, 5) is 39.5. The molecule has 0 bridgehead atoms. The molecule has 0 radical (unpaired) electrons. The first-order chi connectivity index (χ1) is 15.5. The maximum atomic E-state index is 12.8. The van der Waals surface area contributed by atoms with Crippen molar-refractivity contribution in [3.8, 4) is 18.1 Å². The third-order valence-electron chi connectivity index (χ3n) is 5.48. The molecule has 2 amide bonds. The zero-order chi connectivity index (χ0) is 22.7. The summed E-state index contributed by atoms with van der Waals surface area (Å²) in [7, 11) is 1.56. The second-order valence-corrected chi connectivity index (χ2v) is 7.48. The number of benzene rings is 2. The molecule has 1 unspecified atom stereocenters. The van der Waals surface area contributed by atoms with Crippen LogP contribution in [-0.2, 0) is 22.7 Å².